The molecule has 0 N–H and O–H groups in total. The lowest BCUT2D eigenvalue weighted by Gasteiger charge is -2.44. The molecule has 1 fully saturated rings. The minimum Gasteiger partial charge on any atom is -0.462 e. The molecule has 3 aromatic carbocycles. The minimum atomic E-state index is -0.814. The highest BCUT2D eigenvalue weighted by Crippen LogP contribution is 2.39. The third kappa shape index (κ3) is 4.46. The van der Waals surface area contributed by atoms with Crippen molar-refractivity contribution in [2.75, 3.05) is 13.1 Å². The molecule has 0 saturated carbocycles. The quantitative estimate of drug-likeness (QED) is 0.544. The first-order chi connectivity index (χ1) is 15.9. The van der Waals surface area contributed by atoms with Crippen LogP contribution >= 0.6 is 0 Å². The van der Waals surface area contributed by atoms with Crippen molar-refractivity contribution in [1.82, 2.24) is 4.90 Å². The fraction of sp³-hybridized carbons (Fsp3) is 0.269. The second-order valence-corrected chi connectivity index (χ2v) is 8.43. The molecule has 0 radical (unpaired) electrons. The molecule has 0 aromatic heterocycles. The Labute approximate surface area is 189 Å². The van der Waals surface area contributed by atoms with Gasteiger partial charge in [0, 0.05) is 37.6 Å². The molecule has 33 heavy (non-hydrogen) atoms. The summed E-state index contributed by atoms with van der Waals surface area (Å²) in [5.41, 5.74) is 2.72. The molecule has 2 aliphatic rings. The van der Waals surface area contributed by atoms with Gasteiger partial charge < -0.3 is 14.4 Å². The van der Waals surface area contributed by atoms with Crippen LogP contribution < -0.4 is 4.74 Å². The van der Waals surface area contributed by atoms with Gasteiger partial charge >= 0.3 is 0 Å². The van der Waals surface area contributed by atoms with Gasteiger partial charge in [0.25, 0.3) is 0 Å². The van der Waals surface area contributed by atoms with Gasteiger partial charge in [-0.15, -0.1) is 0 Å². The zero-order valence-electron chi connectivity index (χ0n) is 17.8. The summed E-state index contributed by atoms with van der Waals surface area (Å²) in [6.07, 6.45) is 0.845. The van der Waals surface area contributed by atoms with Crippen LogP contribution in [0.3, 0.4) is 0 Å². The van der Waals surface area contributed by atoms with E-state index in [9.17, 15) is 18.0 Å². The number of carbonyl (C=O) groups is 1. The van der Waals surface area contributed by atoms with Crippen molar-refractivity contribution < 1.29 is 27.4 Å². The van der Waals surface area contributed by atoms with E-state index in [0.29, 0.717) is 32.5 Å². The third-order valence-electron chi connectivity index (χ3n) is 6.24. The van der Waals surface area contributed by atoms with Gasteiger partial charge in [-0.05, 0) is 47.0 Å². The first kappa shape index (κ1) is 21.5. The normalized spacial score (nSPS) is 16.9. The average molecular weight is 453 g/mol. The van der Waals surface area contributed by atoms with Gasteiger partial charge in [-0.3, -0.25) is 4.79 Å². The average Bonchev–Trinajstić information content (AvgIpc) is 2.81. The standard InChI is InChI=1S/C26H22F3NO3/c27-21-3-1-2-17(13-21)18-5-7-24-20(12-18)16-32-26(33-24)8-10-30(11-9-26)25(31)14-19-4-6-22(28)15-23(19)29/h1-7,12-13,15H,8-11,14,16H2. The number of hydrogen-bond acceptors (Lipinski definition) is 3. The number of benzene rings is 3. The zero-order valence-corrected chi connectivity index (χ0v) is 17.8. The molecule has 0 atom stereocenters. The minimum absolute atomic E-state index is 0.119. The van der Waals surface area contributed by atoms with Gasteiger partial charge in [-0.1, -0.05) is 24.3 Å². The molecule has 0 bridgehead atoms. The zero-order chi connectivity index (χ0) is 23.0. The largest absolute Gasteiger partial charge is 0.462 e. The van der Waals surface area contributed by atoms with Crippen LogP contribution in [-0.2, 0) is 22.6 Å². The van der Waals surface area contributed by atoms with E-state index in [1.54, 1.807) is 11.0 Å². The van der Waals surface area contributed by atoms with Crippen LogP contribution in [0.4, 0.5) is 13.2 Å². The van der Waals surface area contributed by atoms with Crippen molar-refractivity contribution in [2.24, 2.45) is 0 Å². The van der Waals surface area contributed by atoms with Crippen molar-refractivity contribution in [3.8, 4) is 16.9 Å². The number of amides is 1. The third-order valence-corrected chi connectivity index (χ3v) is 6.24. The van der Waals surface area contributed by atoms with E-state index in [4.69, 9.17) is 9.47 Å². The SMILES string of the molecule is O=C(Cc1ccc(F)cc1F)N1CCC2(CC1)OCc1cc(-c3cccc(F)c3)ccc1O2. The molecule has 5 rings (SSSR count). The number of halogens is 3. The number of piperidine rings is 1. The van der Waals surface area contributed by atoms with Crippen LogP contribution in [0.2, 0.25) is 0 Å². The van der Waals surface area contributed by atoms with E-state index in [2.05, 4.69) is 0 Å². The Morgan fingerprint density at radius 3 is 2.42 bits per heavy atom. The summed E-state index contributed by atoms with van der Waals surface area (Å²) in [5.74, 6) is -1.99. The summed E-state index contributed by atoms with van der Waals surface area (Å²) in [5, 5.41) is 0. The molecule has 1 saturated heterocycles. The topological polar surface area (TPSA) is 38.8 Å². The Kier molecular flexibility index (Phi) is 5.58. The smallest absolute Gasteiger partial charge is 0.227 e. The summed E-state index contributed by atoms with van der Waals surface area (Å²) in [6.45, 7) is 1.18. The maximum atomic E-state index is 13.9. The number of likely N-dealkylation sites (tertiary alicyclic amines) is 1. The monoisotopic (exact) mass is 453 g/mol. The molecule has 170 valence electrons. The van der Waals surface area contributed by atoms with Gasteiger partial charge in [0.15, 0.2) is 0 Å². The van der Waals surface area contributed by atoms with Crippen LogP contribution in [0.25, 0.3) is 11.1 Å². The molecule has 1 amide bonds. The molecule has 2 aliphatic heterocycles. The van der Waals surface area contributed by atoms with Gasteiger partial charge in [0.2, 0.25) is 11.7 Å². The molecular weight excluding hydrogens is 431 g/mol. The first-order valence-electron chi connectivity index (χ1n) is 10.8. The molecular formula is C26H22F3NO3. The van der Waals surface area contributed by atoms with Crippen molar-refractivity contribution in [1.29, 1.82) is 0 Å². The van der Waals surface area contributed by atoms with Crippen molar-refractivity contribution in [3.63, 3.8) is 0 Å². The van der Waals surface area contributed by atoms with Gasteiger partial charge in [0.05, 0.1) is 13.0 Å². The molecule has 4 nitrogen and oxygen atoms in total. The number of rotatable bonds is 3. The van der Waals surface area contributed by atoms with Crippen LogP contribution in [0, 0.1) is 17.5 Å². The Bertz CT molecular complexity index is 1210. The van der Waals surface area contributed by atoms with E-state index in [1.807, 2.05) is 24.3 Å². The maximum absolute atomic E-state index is 13.9. The predicted molar refractivity (Wildman–Crippen MR) is 116 cm³/mol. The summed E-state index contributed by atoms with van der Waals surface area (Å²) < 4.78 is 52.9. The maximum Gasteiger partial charge on any atom is 0.227 e. The lowest BCUT2D eigenvalue weighted by atomic mass is 9.98. The first-order valence-corrected chi connectivity index (χ1v) is 10.8. The molecule has 3 aromatic rings. The molecule has 2 heterocycles. The molecule has 7 heteroatoms. The van der Waals surface area contributed by atoms with Crippen LogP contribution in [0.15, 0.2) is 60.7 Å². The Morgan fingerprint density at radius 1 is 0.909 bits per heavy atom. The van der Waals surface area contributed by atoms with Gasteiger partial charge in [0.1, 0.15) is 23.2 Å². The van der Waals surface area contributed by atoms with Gasteiger partial charge in [-0.2, -0.15) is 0 Å². The Balaban J connectivity index is 1.23. The van der Waals surface area contributed by atoms with Gasteiger partial charge in [-0.25, -0.2) is 13.2 Å². The fourth-order valence-corrected chi connectivity index (χ4v) is 4.36. The lowest BCUT2D eigenvalue weighted by molar-refractivity contribution is -0.227. The summed E-state index contributed by atoms with van der Waals surface area (Å²) >= 11 is 0. The lowest BCUT2D eigenvalue weighted by Crippen LogP contribution is -2.52. The van der Waals surface area contributed by atoms with Crippen molar-refractivity contribution in [2.45, 2.75) is 31.7 Å². The molecule has 0 unspecified atom stereocenters. The second-order valence-electron chi connectivity index (χ2n) is 8.43. The summed E-state index contributed by atoms with van der Waals surface area (Å²) in [4.78, 5) is 14.3. The Hall–Kier alpha value is -3.32. The molecule has 1 spiro atoms. The Morgan fingerprint density at radius 2 is 1.67 bits per heavy atom. The van der Waals surface area contributed by atoms with E-state index >= 15 is 0 Å². The number of ether oxygens (including phenoxy) is 2. The number of nitrogens with zero attached hydrogens (tertiary/aromatic N) is 1. The number of fused-ring (bicyclic) bond motifs is 1. The summed E-state index contributed by atoms with van der Waals surface area (Å²) in [7, 11) is 0. The highest BCUT2D eigenvalue weighted by Gasteiger charge is 2.42. The number of hydrogen-bond donors (Lipinski definition) is 0. The molecule has 0 aliphatic carbocycles. The number of carbonyl (C=O) groups excluding carboxylic acids is 1. The van der Waals surface area contributed by atoms with Crippen LogP contribution in [0.5, 0.6) is 5.75 Å². The van der Waals surface area contributed by atoms with Crippen molar-refractivity contribution in [3.05, 3.63) is 89.2 Å². The van der Waals surface area contributed by atoms with E-state index in [1.165, 1.54) is 18.2 Å². The highest BCUT2D eigenvalue weighted by molar-refractivity contribution is 5.79. The van der Waals surface area contributed by atoms with Crippen LogP contribution in [-0.4, -0.2) is 29.7 Å². The van der Waals surface area contributed by atoms with E-state index in [-0.39, 0.29) is 23.7 Å². The van der Waals surface area contributed by atoms with E-state index in [0.717, 1.165) is 34.6 Å². The van der Waals surface area contributed by atoms with E-state index < -0.39 is 17.4 Å². The summed E-state index contributed by atoms with van der Waals surface area (Å²) in [6, 6.07) is 15.4. The fourth-order valence-electron chi connectivity index (χ4n) is 4.36. The highest BCUT2D eigenvalue weighted by atomic mass is 19.1. The van der Waals surface area contributed by atoms with Crippen molar-refractivity contribution >= 4 is 5.91 Å². The predicted octanol–water partition coefficient (Wildman–Crippen LogP) is 5.24. The second kappa shape index (κ2) is 8.56. The van der Waals surface area contributed by atoms with Crippen LogP contribution in [0.1, 0.15) is 24.0 Å².